The van der Waals surface area contributed by atoms with Gasteiger partial charge < -0.3 is 18.8 Å². The Hall–Kier alpha value is -0.180. The third kappa shape index (κ3) is 9.51. The number of rotatable bonds is 10. The Bertz CT molecular complexity index is 265. The molecular weight excluding hydrogens is 239 g/mol. The maximum absolute atomic E-state index is 11.5. The van der Waals surface area contributed by atoms with Crippen molar-refractivity contribution >= 4 is 13.4 Å². The molecule has 0 spiro atoms. The van der Waals surface area contributed by atoms with Crippen molar-refractivity contribution in [1.29, 1.82) is 0 Å². The molecule has 102 valence electrons. The van der Waals surface area contributed by atoms with Crippen molar-refractivity contribution in [2.24, 2.45) is 5.92 Å². The molecule has 0 aliphatic carbocycles. The zero-order valence-electron chi connectivity index (χ0n) is 11.1. The summed E-state index contributed by atoms with van der Waals surface area (Å²) in [5, 5.41) is 0. The van der Waals surface area contributed by atoms with Gasteiger partial charge in [0.25, 0.3) is 0 Å². The maximum atomic E-state index is 11.5. The van der Waals surface area contributed by atoms with Crippen LogP contribution in [0.15, 0.2) is 0 Å². The molecule has 0 radical (unpaired) electrons. The summed E-state index contributed by atoms with van der Waals surface area (Å²) in [6.45, 7) is 5.79. The first kappa shape index (κ1) is 16.8. The molecule has 4 nitrogen and oxygen atoms in total. The van der Waals surface area contributed by atoms with Gasteiger partial charge in [-0.05, 0) is 19.3 Å². The predicted octanol–water partition coefficient (Wildman–Crippen LogP) is 2.75. The van der Waals surface area contributed by atoms with Gasteiger partial charge in [0, 0.05) is 12.6 Å². The molecule has 2 atom stereocenters. The zero-order valence-corrected chi connectivity index (χ0v) is 12.0. The van der Waals surface area contributed by atoms with Gasteiger partial charge in [-0.2, -0.15) is 0 Å². The van der Waals surface area contributed by atoms with E-state index in [-0.39, 0.29) is 25.0 Å². The van der Waals surface area contributed by atoms with E-state index in [9.17, 15) is 14.3 Å². The Balaban J connectivity index is 3.96. The van der Waals surface area contributed by atoms with Crippen molar-refractivity contribution in [2.45, 2.75) is 52.9 Å². The predicted molar refractivity (Wildman–Crippen MR) is 67.0 cm³/mol. The van der Waals surface area contributed by atoms with Crippen LogP contribution >= 0.6 is 7.60 Å². The molecule has 0 saturated heterocycles. The monoisotopic (exact) mass is 263 g/mol. The maximum Gasteiger partial charge on any atom is 0.135 e. The van der Waals surface area contributed by atoms with Gasteiger partial charge in [-0.25, -0.2) is 0 Å². The molecular formula is C12H24O4P-. The summed E-state index contributed by atoms with van der Waals surface area (Å²) in [6.07, 6.45) is 4.00. The van der Waals surface area contributed by atoms with Crippen LogP contribution in [0.3, 0.4) is 0 Å². The van der Waals surface area contributed by atoms with Gasteiger partial charge in [-0.3, -0.25) is 0 Å². The molecule has 2 unspecified atom stereocenters. The summed E-state index contributed by atoms with van der Waals surface area (Å²) >= 11 is 0. The number of hydrogen-bond acceptors (Lipinski definition) is 4. The third-order valence-corrected chi connectivity index (χ3v) is 4.10. The highest BCUT2D eigenvalue weighted by Gasteiger charge is 2.13. The van der Waals surface area contributed by atoms with Crippen LogP contribution in [-0.2, 0) is 13.9 Å². The second-order valence-corrected chi connectivity index (χ2v) is 6.43. The van der Waals surface area contributed by atoms with Crippen LogP contribution in [0.4, 0.5) is 0 Å². The van der Waals surface area contributed by atoms with E-state index >= 15 is 0 Å². The van der Waals surface area contributed by atoms with E-state index in [1.807, 2.05) is 6.92 Å². The van der Waals surface area contributed by atoms with Gasteiger partial charge >= 0.3 is 0 Å². The molecule has 0 heterocycles. The van der Waals surface area contributed by atoms with Gasteiger partial charge in [-0.15, -0.1) is 0 Å². The average Bonchev–Trinajstić information content (AvgIpc) is 2.27. The van der Waals surface area contributed by atoms with Gasteiger partial charge in [0.05, 0.1) is 6.61 Å². The van der Waals surface area contributed by atoms with E-state index in [4.69, 9.17) is 4.52 Å². The SMILES string of the molecule is CCCCC(CC)COP(=O)([O-])CCC(C)=O. The Morgan fingerprint density at radius 3 is 2.53 bits per heavy atom. The number of Topliss-reactive ketones (excluding diaryl/α,β-unsaturated/α-hetero) is 1. The first-order valence-electron chi connectivity index (χ1n) is 6.35. The highest BCUT2D eigenvalue weighted by atomic mass is 31.2. The fourth-order valence-electron chi connectivity index (χ4n) is 1.48. The summed E-state index contributed by atoms with van der Waals surface area (Å²) in [7, 11) is -3.82. The Morgan fingerprint density at radius 1 is 1.41 bits per heavy atom. The fourth-order valence-corrected chi connectivity index (χ4v) is 2.63. The lowest BCUT2D eigenvalue weighted by molar-refractivity contribution is -0.199. The largest absolute Gasteiger partial charge is 0.778 e. The highest BCUT2D eigenvalue weighted by Crippen LogP contribution is 2.38. The van der Waals surface area contributed by atoms with Crippen molar-refractivity contribution in [3.05, 3.63) is 0 Å². The third-order valence-electron chi connectivity index (χ3n) is 2.79. The number of hydrogen-bond donors (Lipinski definition) is 0. The zero-order chi connectivity index (χ0) is 13.3. The summed E-state index contributed by atoms with van der Waals surface area (Å²) in [6, 6.07) is 0. The van der Waals surface area contributed by atoms with E-state index in [0.29, 0.717) is 5.92 Å². The van der Waals surface area contributed by atoms with Crippen molar-refractivity contribution < 1.29 is 18.8 Å². The van der Waals surface area contributed by atoms with Crippen molar-refractivity contribution in [3.63, 3.8) is 0 Å². The lowest BCUT2D eigenvalue weighted by Crippen LogP contribution is -2.15. The molecule has 5 heteroatoms. The number of ketones is 1. The van der Waals surface area contributed by atoms with Crippen LogP contribution in [0.2, 0.25) is 0 Å². The van der Waals surface area contributed by atoms with E-state index in [2.05, 4.69) is 6.92 Å². The van der Waals surface area contributed by atoms with Crippen LogP contribution < -0.4 is 4.89 Å². The van der Waals surface area contributed by atoms with E-state index in [1.54, 1.807) is 0 Å². The molecule has 0 fully saturated rings. The molecule has 0 aliphatic rings. The smallest absolute Gasteiger partial charge is 0.135 e. The molecule has 0 bridgehead atoms. The van der Waals surface area contributed by atoms with Crippen LogP contribution in [0.5, 0.6) is 0 Å². The van der Waals surface area contributed by atoms with Crippen molar-refractivity contribution in [3.8, 4) is 0 Å². The fraction of sp³-hybridized carbons (Fsp3) is 0.917. The highest BCUT2D eigenvalue weighted by molar-refractivity contribution is 7.51. The Kier molecular flexibility index (Phi) is 8.75. The molecule has 0 saturated carbocycles. The minimum atomic E-state index is -3.82. The molecule has 0 amide bonds. The lowest BCUT2D eigenvalue weighted by atomic mass is 10.0. The van der Waals surface area contributed by atoms with Crippen LogP contribution in [-0.4, -0.2) is 18.6 Å². The summed E-state index contributed by atoms with van der Waals surface area (Å²) in [5.74, 6) is 0.178. The van der Waals surface area contributed by atoms with Gasteiger partial charge in [0.1, 0.15) is 13.4 Å². The number of carbonyl (C=O) groups excluding carboxylic acids is 1. The van der Waals surface area contributed by atoms with Crippen molar-refractivity contribution in [2.75, 3.05) is 12.8 Å². The minimum absolute atomic E-state index is 0.0481. The summed E-state index contributed by atoms with van der Waals surface area (Å²) < 4.78 is 16.5. The second kappa shape index (κ2) is 8.84. The molecule has 0 aliphatic heterocycles. The molecule has 0 aromatic rings. The van der Waals surface area contributed by atoms with Gasteiger partial charge in [0.2, 0.25) is 0 Å². The molecule has 0 aromatic heterocycles. The second-order valence-electron chi connectivity index (χ2n) is 4.50. The first-order valence-corrected chi connectivity index (χ1v) is 8.08. The molecule has 0 rings (SSSR count). The minimum Gasteiger partial charge on any atom is -0.778 e. The standard InChI is InChI=1S/C12H25O4P/c1-4-6-7-12(5-2)10-16-17(14,15)9-8-11(3)13/h12H,4-10H2,1-3H3,(H,14,15)/p-1. The number of unbranched alkanes of at least 4 members (excludes halogenated alkanes) is 1. The summed E-state index contributed by atoms with van der Waals surface area (Å²) in [4.78, 5) is 22.2. The van der Waals surface area contributed by atoms with Crippen LogP contribution in [0.1, 0.15) is 52.9 Å². The van der Waals surface area contributed by atoms with Gasteiger partial charge in [-0.1, -0.05) is 33.1 Å². The van der Waals surface area contributed by atoms with Gasteiger partial charge in [0.15, 0.2) is 0 Å². The Labute approximate surface area is 104 Å². The van der Waals surface area contributed by atoms with Crippen molar-refractivity contribution in [1.82, 2.24) is 0 Å². The first-order chi connectivity index (χ1) is 7.91. The average molecular weight is 263 g/mol. The Morgan fingerprint density at radius 2 is 2.06 bits per heavy atom. The van der Waals surface area contributed by atoms with Crippen LogP contribution in [0, 0.1) is 5.92 Å². The van der Waals surface area contributed by atoms with E-state index < -0.39 is 7.60 Å². The molecule has 0 aromatic carbocycles. The quantitative estimate of drug-likeness (QED) is 0.568. The molecule has 17 heavy (non-hydrogen) atoms. The summed E-state index contributed by atoms with van der Waals surface area (Å²) in [5.41, 5.74) is 0. The van der Waals surface area contributed by atoms with E-state index in [1.165, 1.54) is 6.92 Å². The number of carbonyl (C=O) groups is 1. The topological polar surface area (TPSA) is 66.4 Å². The van der Waals surface area contributed by atoms with Crippen LogP contribution in [0.25, 0.3) is 0 Å². The van der Waals surface area contributed by atoms with E-state index in [0.717, 1.165) is 25.7 Å². The normalized spacial score (nSPS) is 16.5. The lowest BCUT2D eigenvalue weighted by Gasteiger charge is -2.25. The molecule has 0 N–H and O–H groups in total.